The fraction of sp³-hybridized carbons (Fsp3) is 0. The van der Waals surface area contributed by atoms with Gasteiger partial charge in [0.1, 0.15) is 11.4 Å². The van der Waals surface area contributed by atoms with Crippen molar-refractivity contribution in [2.45, 2.75) is 0 Å². The highest BCUT2D eigenvalue weighted by Crippen LogP contribution is 2.21. The second-order valence-corrected chi connectivity index (χ2v) is 5.97. The van der Waals surface area contributed by atoms with Crippen molar-refractivity contribution in [3.05, 3.63) is 121 Å². The Kier molecular flexibility index (Phi) is 7.62. The molecule has 0 unspecified atom stereocenters. The molecule has 4 aromatic rings. The maximum absolute atomic E-state index is 13.1. The van der Waals surface area contributed by atoms with E-state index in [1.165, 1.54) is 12.1 Å². The van der Waals surface area contributed by atoms with Crippen molar-refractivity contribution in [1.82, 2.24) is 0 Å². The Labute approximate surface area is 173 Å². The Bertz CT molecular complexity index is 1020. The first-order valence-corrected chi connectivity index (χ1v) is 9.15. The van der Waals surface area contributed by atoms with Gasteiger partial charge in [-0.1, -0.05) is 60.7 Å². The molecular formula is C24H18F2N4. The Morgan fingerprint density at radius 1 is 0.367 bits per heavy atom. The first kappa shape index (κ1) is 20.7. The molecule has 0 radical (unpaired) electrons. The van der Waals surface area contributed by atoms with Gasteiger partial charge < -0.3 is 0 Å². The summed E-state index contributed by atoms with van der Waals surface area (Å²) in [4.78, 5) is 0. The van der Waals surface area contributed by atoms with Gasteiger partial charge in [-0.2, -0.15) is 10.2 Å². The molecule has 0 saturated heterocycles. The van der Waals surface area contributed by atoms with Gasteiger partial charge in [-0.15, -0.1) is 10.2 Å². The predicted octanol–water partition coefficient (Wildman–Crippen LogP) is 8.48. The summed E-state index contributed by atoms with van der Waals surface area (Å²) in [5, 5.41) is 15.5. The summed E-state index contributed by atoms with van der Waals surface area (Å²) in [7, 11) is 0. The maximum Gasteiger partial charge on any atom is 0.150 e. The van der Waals surface area contributed by atoms with Crippen LogP contribution in [0, 0.1) is 11.6 Å². The SMILES string of the molecule is Fc1ccccc1N=Nc1ccccc1.Fc1ccccc1N=Nc1ccccc1. The number of benzene rings is 4. The Morgan fingerprint density at radius 2 is 0.700 bits per heavy atom. The van der Waals surface area contributed by atoms with Crippen LogP contribution in [-0.4, -0.2) is 0 Å². The zero-order valence-electron chi connectivity index (χ0n) is 15.9. The summed E-state index contributed by atoms with van der Waals surface area (Å²) in [5.74, 6) is -0.727. The molecule has 0 aliphatic rings. The molecule has 4 nitrogen and oxygen atoms in total. The standard InChI is InChI=1S/2C12H9FN2/c2*13-11-8-4-5-9-12(11)15-14-10-6-2-1-3-7-10/h2*1-9H. The molecule has 4 rings (SSSR count). The number of rotatable bonds is 4. The lowest BCUT2D eigenvalue weighted by atomic mass is 10.3. The number of azo groups is 2. The molecule has 0 saturated carbocycles. The van der Waals surface area contributed by atoms with Gasteiger partial charge in [0.15, 0.2) is 11.6 Å². The van der Waals surface area contributed by atoms with Gasteiger partial charge in [0, 0.05) is 0 Å². The molecule has 4 aromatic carbocycles. The molecule has 0 aliphatic heterocycles. The molecule has 0 amide bonds. The minimum Gasteiger partial charge on any atom is -0.205 e. The minimum absolute atomic E-state index is 0.251. The highest BCUT2D eigenvalue weighted by atomic mass is 19.1. The molecule has 0 aliphatic carbocycles. The molecule has 30 heavy (non-hydrogen) atoms. The largest absolute Gasteiger partial charge is 0.205 e. The highest BCUT2D eigenvalue weighted by molar-refractivity contribution is 5.41. The Hall–Kier alpha value is -4.06. The molecule has 0 bridgehead atoms. The lowest BCUT2D eigenvalue weighted by Gasteiger charge is -1.93. The van der Waals surface area contributed by atoms with Crippen LogP contribution < -0.4 is 0 Å². The van der Waals surface area contributed by atoms with E-state index in [1.807, 2.05) is 60.7 Å². The van der Waals surface area contributed by atoms with Crippen LogP contribution in [0.25, 0.3) is 0 Å². The van der Waals surface area contributed by atoms with Crippen molar-refractivity contribution >= 4 is 22.7 Å². The van der Waals surface area contributed by atoms with E-state index < -0.39 is 0 Å². The van der Waals surface area contributed by atoms with E-state index in [0.29, 0.717) is 11.4 Å². The zero-order valence-corrected chi connectivity index (χ0v) is 15.9. The van der Waals surface area contributed by atoms with Crippen molar-refractivity contribution in [3.8, 4) is 0 Å². The van der Waals surface area contributed by atoms with Crippen LogP contribution in [0.1, 0.15) is 0 Å². The summed E-state index contributed by atoms with van der Waals surface area (Å²) < 4.78 is 26.3. The van der Waals surface area contributed by atoms with Crippen molar-refractivity contribution in [2.24, 2.45) is 20.5 Å². The first-order chi connectivity index (χ1) is 14.7. The fourth-order valence-electron chi connectivity index (χ4n) is 2.28. The van der Waals surface area contributed by atoms with Crippen LogP contribution in [0.3, 0.4) is 0 Å². The van der Waals surface area contributed by atoms with Crippen LogP contribution >= 0.6 is 0 Å². The topological polar surface area (TPSA) is 49.4 Å². The van der Waals surface area contributed by atoms with Crippen molar-refractivity contribution < 1.29 is 8.78 Å². The summed E-state index contributed by atoms with van der Waals surface area (Å²) >= 11 is 0. The van der Waals surface area contributed by atoms with Crippen molar-refractivity contribution in [3.63, 3.8) is 0 Å². The molecule has 0 heterocycles. The normalized spacial score (nSPS) is 10.7. The van der Waals surface area contributed by atoms with Gasteiger partial charge in [0.05, 0.1) is 11.4 Å². The molecule has 148 valence electrons. The fourth-order valence-corrected chi connectivity index (χ4v) is 2.28. The van der Waals surface area contributed by atoms with E-state index in [1.54, 1.807) is 36.4 Å². The summed E-state index contributed by atoms with van der Waals surface area (Å²) in [6, 6.07) is 31.0. The van der Waals surface area contributed by atoms with E-state index in [-0.39, 0.29) is 23.0 Å². The van der Waals surface area contributed by atoms with Gasteiger partial charge in [0.25, 0.3) is 0 Å². The smallest absolute Gasteiger partial charge is 0.150 e. The van der Waals surface area contributed by atoms with Crippen LogP contribution in [-0.2, 0) is 0 Å². The number of halogens is 2. The minimum atomic E-state index is -0.364. The van der Waals surface area contributed by atoms with Crippen LogP contribution in [0.4, 0.5) is 31.5 Å². The monoisotopic (exact) mass is 400 g/mol. The van der Waals surface area contributed by atoms with Crippen molar-refractivity contribution in [2.75, 3.05) is 0 Å². The molecule has 0 spiro atoms. The lowest BCUT2D eigenvalue weighted by Crippen LogP contribution is -1.71. The second kappa shape index (κ2) is 11.1. The van der Waals surface area contributed by atoms with E-state index >= 15 is 0 Å². The molecule has 0 aromatic heterocycles. The van der Waals surface area contributed by atoms with Gasteiger partial charge in [-0.05, 0) is 48.5 Å². The number of hydrogen-bond donors (Lipinski definition) is 0. The maximum atomic E-state index is 13.1. The average molecular weight is 400 g/mol. The predicted molar refractivity (Wildman–Crippen MR) is 114 cm³/mol. The van der Waals surface area contributed by atoms with E-state index in [4.69, 9.17) is 0 Å². The first-order valence-electron chi connectivity index (χ1n) is 9.15. The van der Waals surface area contributed by atoms with Gasteiger partial charge >= 0.3 is 0 Å². The van der Waals surface area contributed by atoms with E-state index in [2.05, 4.69) is 20.5 Å². The van der Waals surface area contributed by atoms with Gasteiger partial charge in [-0.3, -0.25) is 0 Å². The quantitative estimate of drug-likeness (QED) is 0.308. The Balaban J connectivity index is 0.000000171. The zero-order chi connectivity index (χ0) is 21.0. The number of hydrogen-bond acceptors (Lipinski definition) is 4. The summed E-state index contributed by atoms with van der Waals surface area (Å²) in [6.45, 7) is 0. The lowest BCUT2D eigenvalue weighted by molar-refractivity contribution is 0.628. The highest BCUT2D eigenvalue weighted by Gasteiger charge is 1.98. The molecule has 6 heteroatoms. The average Bonchev–Trinajstić information content (AvgIpc) is 2.80. The molecule has 0 atom stereocenters. The van der Waals surface area contributed by atoms with Crippen LogP contribution in [0.15, 0.2) is 130 Å². The summed E-state index contributed by atoms with van der Waals surface area (Å²) in [5.41, 5.74) is 1.92. The van der Waals surface area contributed by atoms with Gasteiger partial charge in [-0.25, -0.2) is 8.78 Å². The summed E-state index contributed by atoms with van der Waals surface area (Å²) in [6.07, 6.45) is 0. The van der Waals surface area contributed by atoms with Crippen LogP contribution in [0.5, 0.6) is 0 Å². The van der Waals surface area contributed by atoms with Crippen molar-refractivity contribution in [1.29, 1.82) is 0 Å². The van der Waals surface area contributed by atoms with Crippen LogP contribution in [0.2, 0.25) is 0 Å². The van der Waals surface area contributed by atoms with E-state index in [9.17, 15) is 8.78 Å². The van der Waals surface area contributed by atoms with E-state index in [0.717, 1.165) is 0 Å². The second-order valence-electron chi connectivity index (χ2n) is 5.97. The number of nitrogens with zero attached hydrogens (tertiary/aromatic N) is 4. The molecule has 0 N–H and O–H groups in total. The Morgan fingerprint density at radius 3 is 1.07 bits per heavy atom. The van der Waals surface area contributed by atoms with Gasteiger partial charge in [0.2, 0.25) is 0 Å². The molecular weight excluding hydrogens is 382 g/mol. The third-order valence-electron chi connectivity index (χ3n) is 3.76. The third-order valence-corrected chi connectivity index (χ3v) is 3.76. The molecule has 0 fully saturated rings. The third kappa shape index (κ3) is 6.53.